The lowest BCUT2D eigenvalue weighted by Gasteiger charge is -2.27. The van der Waals surface area contributed by atoms with Crippen molar-refractivity contribution in [1.82, 2.24) is 0 Å². The van der Waals surface area contributed by atoms with Crippen LogP contribution in [-0.2, 0) is 0 Å². The van der Waals surface area contributed by atoms with E-state index in [1.807, 2.05) is 37.3 Å². The Morgan fingerprint density at radius 1 is 1.24 bits per heavy atom. The summed E-state index contributed by atoms with van der Waals surface area (Å²) < 4.78 is 28.0. The minimum Gasteiger partial charge on any atom is -0.239 e. The third-order valence-electron chi connectivity index (χ3n) is 3.06. The van der Waals surface area contributed by atoms with Crippen molar-refractivity contribution in [2.75, 3.05) is 0 Å². The number of allylic oxidation sites excluding steroid dienone is 4. The molecule has 1 aliphatic carbocycles. The maximum Gasteiger partial charge on any atom is 0.164 e. The van der Waals surface area contributed by atoms with Crippen molar-refractivity contribution in [1.29, 1.82) is 0 Å². The molecule has 0 unspecified atom stereocenters. The molecule has 2 atom stereocenters. The number of rotatable bonds is 3. The number of hydrogen-bond acceptors (Lipinski definition) is 0. The van der Waals surface area contributed by atoms with Gasteiger partial charge >= 0.3 is 0 Å². The molecule has 1 aliphatic rings. The van der Waals surface area contributed by atoms with Gasteiger partial charge in [-0.3, -0.25) is 0 Å². The monoisotopic (exact) mass is 234 g/mol. The molecule has 2 heteroatoms. The van der Waals surface area contributed by atoms with E-state index in [1.54, 1.807) is 6.08 Å². The van der Waals surface area contributed by atoms with E-state index in [9.17, 15) is 8.78 Å². The third kappa shape index (κ3) is 2.46. The van der Waals surface area contributed by atoms with Crippen molar-refractivity contribution >= 4 is 5.57 Å². The Bertz CT molecular complexity index is 433. The summed E-state index contributed by atoms with van der Waals surface area (Å²) >= 11 is 0. The quantitative estimate of drug-likeness (QED) is 0.723. The predicted molar refractivity (Wildman–Crippen MR) is 67.2 cm³/mol. The van der Waals surface area contributed by atoms with Crippen molar-refractivity contribution < 1.29 is 8.78 Å². The molecule has 90 valence electrons. The van der Waals surface area contributed by atoms with Crippen molar-refractivity contribution in [2.45, 2.75) is 31.6 Å². The standard InChI is InChI=1S/C15H16F2/c1-2-9-15(17)10-8-13(11-14(15)16)12-6-4-3-5-7-12/h3-8,10-11,14H,2,9H2,1H3/t14-,15-/m0/s1. The van der Waals surface area contributed by atoms with Crippen LogP contribution in [0.15, 0.2) is 48.6 Å². The van der Waals surface area contributed by atoms with Crippen molar-refractivity contribution in [3.05, 3.63) is 54.1 Å². The maximum atomic E-state index is 14.1. The zero-order valence-electron chi connectivity index (χ0n) is 9.87. The Morgan fingerprint density at radius 2 is 1.94 bits per heavy atom. The minimum atomic E-state index is -1.83. The molecule has 0 saturated heterocycles. The molecule has 0 radical (unpaired) electrons. The van der Waals surface area contributed by atoms with Gasteiger partial charge in [0.25, 0.3) is 0 Å². The van der Waals surface area contributed by atoms with E-state index < -0.39 is 11.8 Å². The summed E-state index contributed by atoms with van der Waals surface area (Å²) in [5, 5.41) is 0. The van der Waals surface area contributed by atoms with E-state index in [0.717, 1.165) is 11.1 Å². The lowest BCUT2D eigenvalue weighted by atomic mass is 9.86. The van der Waals surface area contributed by atoms with Crippen LogP contribution in [0.2, 0.25) is 0 Å². The van der Waals surface area contributed by atoms with Crippen LogP contribution in [0.5, 0.6) is 0 Å². The van der Waals surface area contributed by atoms with Crippen LogP contribution in [-0.4, -0.2) is 11.8 Å². The lowest BCUT2D eigenvalue weighted by molar-refractivity contribution is 0.114. The average Bonchev–Trinajstić information content (AvgIpc) is 2.34. The highest BCUT2D eigenvalue weighted by molar-refractivity contribution is 5.76. The molecule has 0 saturated carbocycles. The normalized spacial score (nSPS) is 27.9. The maximum absolute atomic E-state index is 14.1. The van der Waals surface area contributed by atoms with Crippen LogP contribution >= 0.6 is 0 Å². The number of halogens is 2. The first-order valence-corrected chi connectivity index (χ1v) is 5.95. The highest BCUT2D eigenvalue weighted by Crippen LogP contribution is 2.35. The van der Waals surface area contributed by atoms with Crippen molar-refractivity contribution in [3.8, 4) is 0 Å². The number of alkyl halides is 2. The highest BCUT2D eigenvalue weighted by atomic mass is 19.2. The van der Waals surface area contributed by atoms with E-state index in [-0.39, 0.29) is 6.42 Å². The van der Waals surface area contributed by atoms with E-state index in [0.29, 0.717) is 6.42 Å². The largest absolute Gasteiger partial charge is 0.239 e. The fourth-order valence-corrected chi connectivity index (χ4v) is 2.10. The summed E-state index contributed by atoms with van der Waals surface area (Å²) in [6.45, 7) is 1.86. The van der Waals surface area contributed by atoms with Gasteiger partial charge in [-0.15, -0.1) is 0 Å². The molecule has 0 bridgehead atoms. The Morgan fingerprint density at radius 3 is 2.53 bits per heavy atom. The van der Waals surface area contributed by atoms with Crippen LogP contribution in [0.1, 0.15) is 25.3 Å². The molecule has 0 amide bonds. The van der Waals surface area contributed by atoms with Crippen LogP contribution < -0.4 is 0 Å². The Hall–Kier alpha value is -1.44. The zero-order chi connectivity index (χ0) is 12.3. The summed E-state index contributed by atoms with van der Waals surface area (Å²) in [5.74, 6) is 0. The molecule has 1 aromatic carbocycles. The van der Waals surface area contributed by atoms with E-state index >= 15 is 0 Å². The molecule has 0 nitrogen and oxygen atoms in total. The second-order valence-electron chi connectivity index (χ2n) is 4.40. The molecule has 0 N–H and O–H groups in total. The second kappa shape index (κ2) is 4.82. The first kappa shape index (κ1) is 12.0. The third-order valence-corrected chi connectivity index (χ3v) is 3.06. The minimum absolute atomic E-state index is 0.225. The molecule has 0 heterocycles. The van der Waals surface area contributed by atoms with Gasteiger partial charge < -0.3 is 0 Å². The van der Waals surface area contributed by atoms with Gasteiger partial charge in [0.1, 0.15) is 0 Å². The molecular weight excluding hydrogens is 218 g/mol. The smallest absolute Gasteiger partial charge is 0.164 e. The average molecular weight is 234 g/mol. The van der Waals surface area contributed by atoms with Crippen LogP contribution in [0.4, 0.5) is 8.78 Å². The predicted octanol–water partition coefficient (Wildman–Crippen LogP) is 4.49. The molecule has 0 aliphatic heterocycles. The first-order chi connectivity index (χ1) is 8.15. The zero-order valence-corrected chi connectivity index (χ0v) is 9.87. The van der Waals surface area contributed by atoms with Gasteiger partial charge in [0.15, 0.2) is 11.8 Å². The topological polar surface area (TPSA) is 0 Å². The molecule has 2 rings (SSSR count). The summed E-state index contributed by atoms with van der Waals surface area (Å²) in [7, 11) is 0. The van der Waals surface area contributed by atoms with Gasteiger partial charge in [0.05, 0.1) is 0 Å². The number of benzene rings is 1. The molecule has 0 spiro atoms. The SMILES string of the molecule is CCC[C@]1(F)C=CC(c2ccccc2)=C[C@@H]1F. The fourth-order valence-electron chi connectivity index (χ4n) is 2.10. The summed E-state index contributed by atoms with van der Waals surface area (Å²) in [4.78, 5) is 0. The van der Waals surface area contributed by atoms with Gasteiger partial charge in [0, 0.05) is 0 Å². The Labute approximate surface area is 101 Å². The summed E-state index contributed by atoms with van der Waals surface area (Å²) in [6, 6.07) is 9.48. The van der Waals surface area contributed by atoms with Crippen molar-refractivity contribution in [2.24, 2.45) is 0 Å². The van der Waals surface area contributed by atoms with Gasteiger partial charge in [0.2, 0.25) is 0 Å². The Kier molecular flexibility index (Phi) is 3.41. The lowest BCUT2D eigenvalue weighted by Crippen LogP contribution is -2.33. The number of hydrogen-bond donors (Lipinski definition) is 0. The fraction of sp³-hybridized carbons (Fsp3) is 0.333. The first-order valence-electron chi connectivity index (χ1n) is 5.95. The van der Waals surface area contributed by atoms with Crippen molar-refractivity contribution in [3.63, 3.8) is 0 Å². The molecule has 17 heavy (non-hydrogen) atoms. The molecule has 1 aromatic rings. The van der Waals surface area contributed by atoms with E-state index in [2.05, 4.69) is 0 Å². The molecule has 0 aromatic heterocycles. The van der Waals surface area contributed by atoms with Gasteiger partial charge in [-0.05, 0) is 29.7 Å². The van der Waals surface area contributed by atoms with Crippen LogP contribution in [0.25, 0.3) is 5.57 Å². The van der Waals surface area contributed by atoms with Gasteiger partial charge in [-0.1, -0.05) is 49.8 Å². The summed E-state index contributed by atoms with van der Waals surface area (Å²) in [6.07, 6.45) is 3.73. The second-order valence-corrected chi connectivity index (χ2v) is 4.40. The van der Waals surface area contributed by atoms with Gasteiger partial charge in [-0.25, -0.2) is 8.78 Å². The Balaban J connectivity index is 2.24. The molecular formula is C15H16F2. The van der Waals surface area contributed by atoms with E-state index in [4.69, 9.17) is 0 Å². The van der Waals surface area contributed by atoms with E-state index in [1.165, 1.54) is 12.2 Å². The van der Waals surface area contributed by atoms with Gasteiger partial charge in [-0.2, -0.15) is 0 Å². The highest BCUT2D eigenvalue weighted by Gasteiger charge is 2.37. The van der Waals surface area contributed by atoms with Crippen LogP contribution in [0.3, 0.4) is 0 Å². The van der Waals surface area contributed by atoms with Crippen LogP contribution in [0, 0.1) is 0 Å². The summed E-state index contributed by atoms with van der Waals surface area (Å²) in [5.41, 5.74) is -0.153. The molecule has 0 fully saturated rings.